The maximum atomic E-state index is 9.24. The Bertz CT molecular complexity index is 1080. The first kappa shape index (κ1) is 17.1. The summed E-state index contributed by atoms with van der Waals surface area (Å²) < 4.78 is 1.96. The van der Waals surface area contributed by atoms with Gasteiger partial charge in [0.2, 0.25) is 0 Å². The van der Waals surface area contributed by atoms with E-state index < -0.39 is 0 Å². The number of hydrogen-bond acceptors (Lipinski definition) is 4. The summed E-state index contributed by atoms with van der Waals surface area (Å²) in [5, 5.41) is 10.5. The lowest BCUT2D eigenvalue weighted by molar-refractivity contribution is 0.754. The topological polar surface area (TPSA) is 66.9 Å². The van der Waals surface area contributed by atoms with Crippen LogP contribution in [0, 0.1) is 25.2 Å². The van der Waals surface area contributed by atoms with Crippen LogP contribution in [0.5, 0.6) is 0 Å². The number of nitriles is 1. The van der Waals surface area contributed by atoms with Crippen molar-refractivity contribution in [1.82, 2.24) is 14.5 Å². The van der Waals surface area contributed by atoms with Crippen molar-refractivity contribution in [2.45, 2.75) is 26.8 Å². The summed E-state index contributed by atoms with van der Waals surface area (Å²) in [5.41, 5.74) is 4.18. The molecule has 126 valence electrons. The molecule has 2 aromatic heterocycles. The van der Waals surface area contributed by atoms with E-state index in [1.165, 1.54) is 0 Å². The van der Waals surface area contributed by atoms with Gasteiger partial charge in [0.05, 0.1) is 29.4 Å². The maximum absolute atomic E-state index is 9.24. The van der Waals surface area contributed by atoms with Crippen molar-refractivity contribution in [1.29, 1.82) is 5.26 Å². The third kappa shape index (κ3) is 3.13. The van der Waals surface area contributed by atoms with Crippen LogP contribution < -0.4 is 5.49 Å². The second-order valence-electron chi connectivity index (χ2n) is 6.00. The van der Waals surface area contributed by atoms with E-state index in [0.29, 0.717) is 16.2 Å². The highest BCUT2D eigenvalue weighted by molar-refractivity contribution is 6.30. The smallest absolute Gasteiger partial charge is 0.159 e. The van der Waals surface area contributed by atoms with Crippen LogP contribution in [0.25, 0.3) is 10.9 Å². The minimum Gasteiger partial charge on any atom is -0.331 e. The van der Waals surface area contributed by atoms with Crippen molar-refractivity contribution < 1.29 is 0 Å². The zero-order valence-corrected chi connectivity index (χ0v) is 15.3. The van der Waals surface area contributed by atoms with Crippen molar-refractivity contribution in [2.24, 2.45) is 12.0 Å². The van der Waals surface area contributed by atoms with Crippen LogP contribution in [-0.4, -0.2) is 14.5 Å². The molecule has 0 saturated carbocycles. The van der Waals surface area contributed by atoms with Crippen molar-refractivity contribution in [3.8, 4) is 6.07 Å². The Morgan fingerprint density at radius 3 is 2.80 bits per heavy atom. The molecule has 1 unspecified atom stereocenters. The van der Waals surface area contributed by atoms with Crippen LogP contribution in [0.4, 0.5) is 0 Å². The van der Waals surface area contributed by atoms with Gasteiger partial charge in [0.15, 0.2) is 5.49 Å². The van der Waals surface area contributed by atoms with Crippen LogP contribution in [0.1, 0.15) is 35.5 Å². The molecule has 0 N–H and O–H groups in total. The van der Waals surface area contributed by atoms with Gasteiger partial charge in [0.1, 0.15) is 11.0 Å². The molecule has 0 aliphatic carbocycles. The van der Waals surface area contributed by atoms with E-state index in [-0.39, 0.29) is 6.04 Å². The van der Waals surface area contributed by atoms with E-state index in [4.69, 9.17) is 16.6 Å². The van der Waals surface area contributed by atoms with E-state index in [9.17, 15) is 5.26 Å². The molecule has 25 heavy (non-hydrogen) atoms. The molecule has 1 aromatic carbocycles. The number of benzene rings is 1. The number of hydrogen-bond donors (Lipinski definition) is 0. The van der Waals surface area contributed by atoms with Crippen molar-refractivity contribution in [3.05, 3.63) is 63.6 Å². The zero-order chi connectivity index (χ0) is 18.1. The van der Waals surface area contributed by atoms with Crippen LogP contribution >= 0.6 is 11.6 Å². The van der Waals surface area contributed by atoms with Crippen molar-refractivity contribution in [3.63, 3.8) is 0 Å². The second-order valence-corrected chi connectivity index (χ2v) is 6.39. The number of halogens is 1. The largest absolute Gasteiger partial charge is 0.331 e. The molecule has 0 amide bonds. The van der Waals surface area contributed by atoms with Crippen molar-refractivity contribution in [2.75, 3.05) is 0 Å². The van der Waals surface area contributed by atoms with Crippen LogP contribution in [0.15, 0.2) is 35.5 Å². The van der Waals surface area contributed by atoms with Crippen LogP contribution in [0.3, 0.4) is 0 Å². The summed E-state index contributed by atoms with van der Waals surface area (Å²) in [6, 6.07) is 9.57. The van der Waals surface area contributed by atoms with E-state index in [1.54, 1.807) is 12.3 Å². The number of pyridine rings is 1. The molecule has 3 aromatic rings. The number of fused-ring (bicyclic) bond motifs is 1. The molecule has 6 heteroatoms. The summed E-state index contributed by atoms with van der Waals surface area (Å²) in [4.78, 5) is 13.6. The lowest BCUT2D eigenvalue weighted by Gasteiger charge is -2.13. The Hall–Kier alpha value is -2.71. The lowest BCUT2D eigenvalue weighted by Crippen LogP contribution is -2.18. The standard InChI is InChI=1S/C19H18ClN5/c1-11-14(9-21)6-5-7-15(11)12(2)23-19-16-8-18(20)22-10-17(16)25(4)13(3)24-19/h5-8,10,12H,1-4H3. The predicted octanol–water partition coefficient (Wildman–Crippen LogP) is 3.77. The average molecular weight is 352 g/mol. The van der Waals surface area contributed by atoms with Gasteiger partial charge in [-0.05, 0) is 44.0 Å². The quantitative estimate of drug-likeness (QED) is 0.660. The summed E-state index contributed by atoms with van der Waals surface area (Å²) in [6.45, 7) is 5.88. The maximum Gasteiger partial charge on any atom is 0.159 e. The molecular formula is C19H18ClN5. The summed E-state index contributed by atoms with van der Waals surface area (Å²) >= 11 is 6.08. The van der Waals surface area contributed by atoms with Gasteiger partial charge >= 0.3 is 0 Å². The SMILES string of the molecule is Cc1c(C#N)cccc1C(C)N=c1nc(C)n(C)c2cnc(Cl)cc12. The third-order valence-electron chi connectivity index (χ3n) is 4.47. The molecule has 0 aliphatic rings. The Kier molecular flexibility index (Phi) is 4.56. The van der Waals surface area contributed by atoms with Gasteiger partial charge in [-0.1, -0.05) is 23.7 Å². The fourth-order valence-corrected chi connectivity index (χ4v) is 3.07. The van der Waals surface area contributed by atoms with E-state index in [2.05, 4.69) is 16.0 Å². The number of nitrogens with zero attached hydrogens (tertiary/aromatic N) is 5. The van der Waals surface area contributed by atoms with Crippen molar-refractivity contribution >= 4 is 22.5 Å². The van der Waals surface area contributed by atoms with Crippen LogP contribution in [-0.2, 0) is 7.05 Å². The Labute approximate surface area is 151 Å². The highest BCUT2D eigenvalue weighted by Gasteiger charge is 2.12. The lowest BCUT2D eigenvalue weighted by atomic mass is 9.98. The molecule has 0 fully saturated rings. The monoisotopic (exact) mass is 351 g/mol. The van der Waals surface area contributed by atoms with E-state index in [0.717, 1.165) is 27.9 Å². The van der Waals surface area contributed by atoms with Gasteiger partial charge in [-0.3, -0.25) is 4.99 Å². The Morgan fingerprint density at radius 2 is 2.08 bits per heavy atom. The van der Waals surface area contributed by atoms with Gasteiger partial charge in [0.25, 0.3) is 0 Å². The predicted molar refractivity (Wildman–Crippen MR) is 98.1 cm³/mol. The molecule has 3 rings (SSSR count). The molecule has 0 aliphatic heterocycles. The highest BCUT2D eigenvalue weighted by Crippen LogP contribution is 2.23. The average Bonchev–Trinajstić information content (AvgIpc) is 2.59. The second kappa shape index (κ2) is 6.66. The van der Waals surface area contributed by atoms with Gasteiger partial charge in [-0.15, -0.1) is 0 Å². The first-order valence-corrected chi connectivity index (χ1v) is 8.32. The number of rotatable bonds is 2. The Morgan fingerprint density at radius 1 is 1.32 bits per heavy atom. The summed E-state index contributed by atoms with van der Waals surface area (Å²) in [6.07, 6.45) is 1.73. The summed E-state index contributed by atoms with van der Waals surface area (Å²) in [5.74, 6) is 0.838. The summed E-state index contributed by atoms with van der Waals surface area (Å²) in [7, 11) is 1.94. The van der Waals surface area contributed by atoms with Crippen LogP contribution in [0.2, 0.25) is 5.15 Å². The minimum atomic E-state index is -0.136. The zero-order valence-electron chi connectivity index (χ0n) is 14.6. The molecule has 1 atom stereocenters. The molecule has 2 heterocycles. The Balaban J connectivity index is 2.24. The van der Waals surface area contributed by atoms with Gasteiger partial charge < -0.3 is 4.57 Å². The van der Waals surface area contributed by atoms with Gasteiger partial charge in [-0.2, -0.15) is 5.26 Å². The fourth-order valence-electron chi connectivity index (χ4n) is 2.91. The van der Waals surface area contributed by atoms with Gasteiger partial charge in [-0.25, -0.2) is 9.97 Å². The highest BCUT2D eigenvalue weighted by atomic mass is 35.5. The minimum absolute atomic E-state index is 0.136. The molecular weight excluding hydrogens is 334 g/mol. The first-order chi connectivity index (χ1) is 11.9. The fraction of sp³-hybridized carbons (Fsp3) is 0.263. The third-order valence-corrected chi connectivity index (χ3v) is 4.67. The number of aromatic nitrogens is 3. The molecule has 0 bridgehead atoms. The van der Waals surface area contributed by atoms with Gasteiger partial charge in [0, 0.05) is 12.4 Å². The number of aryl methyl sites for hydroxylation is 2. The normalized spacial score (nSPS) is 13.0. The molecule has 0 radical (unpaired) electrons. The molecule has 0 saturated heterocycles. The molecule has 5 nitrogen and oxygen atoms in total. The first-order valence-electron chi connectivity index (χ1n) is 7.94. The molecule has 0 spiro atoms. The van der Waals surface area contributed by atoms with E-state index >= 15 is 0 Å². The van der Waals surface area contributed by atoms with E-state index in [1.807, 2.05) is 50.6 Å².